The van der Waals surface area contributed by atoms with Crippen LogP contribution in [0.25, 0.3) is 0 Å². The lowest BCUT2D eigenvalue weighted by Crippen LogP contribution is -2.48. The molecule has 2 aliphatic heterocycles. The topological polar surface area (TPSA) is 48.9 Å². The minimum atomic E-state index is 0. The lowest BCUT2D eigenvalue weighted by molar-refractivity contribution is 0.0992. The highest BCUT2D eigenvalue weighted by atomic mass is 127. The molecule has 0 saturated carbocycles. The Morgan fingerprint density at radius 3 is 2.38 bits per heavy atom. The van der Waals surface area contributed by atoms with Gasteiger partial charge < -0.3 is 20.3 Å². The van der Waals surface area contributed by atoms with Gasteiger partial charge in [0.25, 0.3) is 0 Å². The first-order valence-corrected chi connectivity index (χ1v) is 9.45. The molecule has 0 aromatic heterocycles. The van der Waals surface area contributed by atoms with Gasteiger partial charge in [0.1, 0.15) is 0 Å². The Morgan fingerprint density at radius 2 is 1.92 bits per heavy atom. The summed E-state index contributed by atoms with van der Waals surface area (Å²) in [5.41, 5.74) is 0. The summed E-state index contributed by atoms with van der Waals surface area (Å²) in [4.78, 5) is 7.22. The fraction of sp³-hybridized carbons (Fsp3) is 0.944. The summed E-state index contributed by atoms with van der Waals surface area (Å²) in [7, 11) is 4.34. The van der Waals surface area contributed by atoms with E-state index in [0.29, 0.717) is 30.2 Å². The van der Waals surface area contributed by atoms with Crippen LogP contribution in [0.2, 0.25) is 0 Å². The number of guanidine groups is 1. The molecule has 0 aromatic carbocycles. The van der Waals surface area contributed by atoms with Crippen molar-refractivity contribution >= 4 is 29.9 Å². The van der Waals surface area contributed by atoms with Crippen molar-refractivity contribution in [2.75, 3.05) is 27.2 Å². The molecule has 4 unspecified atom stereocenters. The number of likely N-dealkylation sites (N-methyl/N-ethyl adjacent to an activating group) is 1. The average Bonchev–Trinajstić information content (AvgIpc) is 3.13. The Bertz CT molecular complexity index is 387. The van der Waals surface area contributed by atoms with E-state index in [-0.39, 0.29) is 24.0 Å². The Kier molecular flexibility index (Phi) is 9.89. The molecule has 2 fully saturated rings. The first-order valence-electron chi connectivity index (χ1n) is 9.45. The number of halogens is 1. The summed E-state index contributed by atoms with van der Waals surface area (Å²) in [5, 5.41) is 7.02. The molecule has 4 atom stereocenters. The molecular formula is C18H37IN4O. The van der Waals surface area contributed by atoms with Crippen LogP contribution >= 0.6 is 24.0 Å². The van der Waals surface area contributed by atoms with Crippen molar-refractivity contribution in [1.29, 1.82) is 0 Å². The number of hydrogen-bond donors (Lipinski definition) is 2. The van der Waals surface area contributed by atoms with Crippen molar-refractivity contribution < 1.29 is 4.74 Å². The van der Waals surface area contributed by atoms with Crippen molar-refractivity contribution in [2.45, 2.75) is 77.2 Å². The maximum absolute atomic E-state index is 5.95. The van der Waals surface area contributed by atoms with Gasteiger partial charge in [0.15, 0.2) is 5.96 Å². The molecule has 2 N–H and O–H groups in total. The van der Waals surface area contributed by atoms with Crippen LogP contribution in [-0.4, -0.2) is 62.3 Å². The Hall–Kier alpha value is -0.0800. The number of aliphatic imine (C=N–C) groups is 1. The van der Waals surface area contributed by atoms with Gasteiger partial charge in [-0.3, -0.25) is 4.99 Å². The summed E-state index contributed by atoms with van der Waals surface area (Å²) in [6.07, 6.45) is 6.81. The summed E-state index contributed by atoms with van der Waals surface area (Å²) in [6.45, 7) is 8.43. The average molecular weight is 452 g/mol. The van der Waals surface area contributed by atoms with Gasteiger partial charge in [-0.05, 0) is 46.2 Å². The predicted octanol–water partition coefficient (Wildman–Crippen LogP) is 2.85. The Morgan fingerprint density at radius 1 is 1.21 bits per heavy atom. The first kappa shape index (κ1) is 22.0. The number of nitrogens with zero attached hydrogens (tertiary/aromatic N) is 2. The van der Waals surface area contributed by atoms with Crippen molar-refractivity contribution in [1.82, 2.24) is 15.5 Å². The highest BCUT2D eigenvalue weighted by Gasteiger charge is 2.41. The van der Waals surface area contributed by atoms with E-state index in [1.807, 2.05) is 0 Å². The summed E-state index contributed by atoms with van der Waals surface area (Å²) < 4.78 is 5.95. The van der Waals surface area contributed by atoms with Crippen LogP contribution in [0.5, 0.6) is 0 Å². The number of rotatable bonds is 8. The Balaban J connectivity index is 0.00000288. The minimum absolute atomic E-state index is 0. The third kappa shape index (κ3) is 5.73. The standard InChI is InChI=1S/C18H36N4O.HI/c1-6-13(7-2)16(22(4)5)12-20-18(19-8-3)21-15-11-14-9-10-17(15)23-14;/h13-17H,6-12H2,1-5H3,(H2,19,20,21);1H. The summed E-state index contributed by atoms with van der Waals surface area (Å²) in [6, 6.07) is 0.925. The van der Waals surface area contributed by atoms with E-state index in [1.165, 1.54) is 25.7 Å². The van der Waals surface area contributed by atoms with Gasteiger partial charge in [0.05, 0.1) is 24.8 Å². The van der Waals surface area contributed by atoms with E-state index in [0.717, 1.165) is 25.5 Å². The second-order valence-electron chi connectivity index (χ2n) is 7.19. The van der Waals surface area contributed by atoms with Gasteiger partial charge in [-0.25, -0.2) is 0 Å². The van der Waals surface area contributed by atoms with Crippen LogP contribution < -0.4 is 10.6 Å². The molecule has 0 amide bonds. The molecule has 2 heterocycles. The van der Waals surface area contributed by atoms with E-state index >= 15 is 0 Å². The van der Waals surface area contributed by atoms with Crippen molar-refractivity contribution in [3.63, 3.8) is 0 Å². The van der Waals surface area contributed by atoms with Crippen LogP contribution in [0.15, 0.2) is 4.99 Å². The highest BCUT2D eigenvalue weighted by molar-refractivity contribution is 14.0. The van der Waals surface area contributed by atoms with Gasteiger partial charge in [-0.2, -0.15) is 0 Å². The van der Waals surface area contributed by atoms with Gasteiger partial charge in [-0.15, -0.1) is 24.0 Å². The molecule has 0 radical (unpaired) electrons. The lowest BCUT2D eigenvalue weighted by atomic mass is 9.93. The van der Waals surface area contributed by atoms with Gasteiger partial charge in [-0.1, -0.05) is 26.7 Å². The highest BCUT2D eigenvalue weighted by Crippen LogP contribution is 2.34. The van der Waals surface area contributed by atoms with Gasteiger partial charge >= 0.3 is 0 Å². The maximum atomic E-state index is 5.95. The molecule has 2 aliphatic rings. The zero-order valence-electron chi connectivity index (χ0n) is 16.0. The monoisotopic (exact) mass is 452 g/mol. The molecule has 5 nitrogen and oxygen atoms in total. The van der Waals surface area contributed by atoms with Gasteiger partial charge in [0.2, 0.25) is 0 Å². The van der Waals surface area contributed by atoms with Gasteiger partial charge in [0, 0.05) is 12.6 Å². The Labute approximate surface area is 165 Å². The number of ether oxygens (including phenoxy) is 1. The molecule has 0 aromatic rings. The third-order valence-corrected chi connectivity index (χ3v) is 5.47. The summed E-state index contributed by atoms with van der Waals surface area (Å²) in [5.74, 6) is 1.65. The molecule has 2 saturated heterocycles. The molecule has 2 rings (SSSR count). The zero-order chi connectivity index (χ0) is 16.8. The second-order valence-corrected chi connectivity index (χ2v) is 7.19. The van der Waals surface area contributed by atoms with E-state index in [1.54, 1.807) is 0 Å². The molecule has 0 spiro atoms. The second kappa shape index (κ2) is 10.8. The van der Waals surface area contributed by atoms with Crippen molar-refractivity contribution in [2.24, 2.45) is 10.9 Å². The minimum Gasteiger partial charge on any atom is -0.373 e. The fourth-order valence-electron chi connectivity index (χ4n) is 4.04. The van der Waals surface area contributed by atoms with E-state index < -0.39 is 0 Å². The predicted molar refractivity (Wildman–Crippen MR) is 112 cm³/mol. The van der Waals surface area contributed by atoms with Crippen molar-refractivity contribution in [3.05, 3.63) is 0 Å². The van der Waals surface area contributed by atoms with Crippen molar-refractivity contribution in [3.8, 4) is 0 Å². The fourth-order valence-corrected chi connectivity index (χ4v) is 4.04. The third-order valence-electron chi connectivity index (χ3n) is 5.47. The molecule has 142 valence electrons. The van der Waals surface area contributed by atoms with Crippen LogP contribution in [0.1, 0.15) is 52.9 Å². The largest absolute Gasteiger partial charge is 0.373 e. The van der Waals surface area contributed by atoms with Crippen LogP contribution in [0.4, 0.5) is 0 Å². The molecular weight excluding hydrogens is 415 g/mol. The maximum Gasteiger partial charge on any atom is 0.191 e. The quantitative estimate of drug-likeness (QED) is 0.338. The SMILES string of the molecule is CCNC(=NCC(C(CC)CC)N(C)C)NC1CC2CCC1O2.I. The number of nitrogens with one attached hydrogen (secondary N) is 2. The lowest BCUT2D eigenvalue weighted by Gasteiger charge is -2.30. The van der Waals surface area contributed by atoms with E-state index in [9.17, 15) is 0 Å². The first-order chi connectivity index (χ1) is 11.1. The van der Waals surface area contributed by atoms with Crippen LogP contribution in [-0.2, 0) is 4.74 Å². The smallest absolute Gasteiger partial charge is 0.191 e. The number of fused-ring (bicyclic) bond motifs is 2. The van der Waals surface area contributed by atoms with Crippen LogP contribution in [0, 0.1) is 5.92 Å². The molecule has 2 bridgehead atoms. The number of hydrogen-bond acceptors (Lipinski definition) is 3. The van der Waals surface area contributed by atoms with E-state index in [4.69, 9.17) is 9.73 Å². The van der Waals surface area contributed by atoms with Crippen LogP contribution in [0.3, 0.4) is 0 Å². The molecule has 24 heavy (non-hydrogen) atoms. The normalized spacial score (nSPS) is 27.5. The summed E-state index contributed by atoms with van der Waals surface area (Å²) >= 11 is 0. The molecule has 6 heteroatoms. The van der Waals surface area contributed by atoms with E-state index in [2.05, 4.69) is 50.4 Å². The zero-order valence-corrected chi connectivity index (χ0v) is 18.4. The molecule has 0 aliphatic carbocycles.